The van der Waals surface area contributed by atoms with Crippen LogP contribution in [0.25, 0.3) is 0 Å². The molecular formula is C17H33N3O2. The fourth-order valence-electron chi connectivity index (χ4n) is 2.39. The number of carbonyl (C=O) groups excluding carboxylic acids is 2. The molecule has 1 N–H and O–H groups in total. The van der Waals surface area contributed by atoms with Crippen LogP contribution in [-0.4, -0.2) is 54.5 Å². The fourth-order valence-corrected chi connectivity index (χ4v) is 2.39. The van der Waals surface area contributed by atoms with Crippen molar-refractivity contribution in [1.82, 2.24) is 15.1 Å². The van der Waals surface area contributed by atoms with Gasteiger partial charge in [0.2, 0.25) is 5.91 Å². The summed E-state index contributed by atoms with van der Waals surface area (Å²) in [6.45, 7) is 15.9. The van der Waals surface area contributed by atoms with Gasteiger partial charge < -0.3 is 15.1 Å². The van der Waals surface area contributed by atoms with Crippen LogP contribution in [0.3, 0.4) is 0 Å². The molecule has 0 spiro atoms. The average molecular weight is 311 g/mol. The van der Waals surface area contributed by atoms with Crippen molar-refractivity contribution in [3.05, 3.63) is 0 Å². The molecule has 0 unspecified atom stereocenters. The van der Waals surface area contributed by atoms with Crippen LogP contribution in [0.15, 0.2) is 0 Å². The standard InChI is InChI=1S/C17H33N3O2/c1-16(2,3)12-14(21)19-8-7-9-20(11-10-19)15(22)18-13-17(4,5)6/h7-13H2,1-6H3,(H,18,22). The van der Waals surface area contributed by atoms with Crippen LogP contribution in [0.1, 0.15) is 54.4 Å². The summed E-state index contributed by atoms with van der Waals surface area (Å²) in [7, 11) is 0. The molecule has 0 atom stereocenters. The van der Waals surface area contributed by atoms with Gasteiger partial charge >= 0.3 is 6.03 Å². The van der Waals surface area contributed by atoms with E-state index < -0.39 is 0 Å². The zero-order valence-corrected chi connectivity index (χ0v) is 15.2. The highest BCUT2D eigenvalue weighted by molar-refractivity contribution is 5.77. The van der Waals surface area contributed by atoms with Crippen molar-refractivity contribution in [2.24, 2.45) is 10.8 Å². The molecule has 128 valence electrons. The van der Waals surface area contributed by atoms with Gasteiger partial charge in [0, 0.05) is 39.1 Å². The number of nitrogens with zero attached hydrogens (tertiary/aromatic N) is 2. The molecule has 1 heterocycles. The molecule has 3 amide bonds. The lowest BCUT2D eigenvalue weighted by Gasteiger charge is -2.26. The Morgan fingerprint density at radius 3 is 1.95 bits per heavy atom. The van der Waals surface area contributed by atoms with Crippen LogP contribution in [0.4, 0.5) is 4.79 Å². The molecule has 1 fully saturated rings. The molecule has 0 saturated carbocycles. The van der Waals surface area contributed by atoms with Crippen LogP contribution < -0.4 is 5.32 Å². The monoisotopic (exact) mass is 311 g/mol. The van der Waals surface area contributed by atoms with Crippen molar-refractivity contribution < 1.29 is 9.59 Å². The molecule has 1 aliphatic heterocycles. The van der Waals surface area contributed by atoms with E-state index in [2.05, 4.69) is 46.9 Å². The predicted octanol–water partition coefficient (Wildman–Crippen LogP) is 2.71. The third kappa shape index (κ3) is 7.14. The second-order valence-electron chi connectivity index (χ2n) is 8.68. The van der Waals surface area contributed by atoms with E-state index in [9.17, 15) is 9.59 Å². The summed E-state index contributed by atoms with van der Waals surface area (Å²) in [5, 5.41) is 2.99. The Balaban J connectivity index is 2.48. The SMILES string of the molecule is CC(C)(C)CNC(=O)N1CCCN(C(=O)CC(C)(C)C)CC1. The minimum Gasteiger partial charge on any atom is -0.341 e. The van der Waals surface area contributed by atoms with Crippen molar-refractivity contribution in [3.8, 4) is 0 Å². The zero-order chi connectivity index (χ0) is 17.0. The van der Waals surface area contributed by atoms with Crippen LogP contribution in [-0.2, 0) is 4.79 Å². The van der Waals surface area contributed by atoms with Crippen molar-refractivity contribution >= 4 is 11.9 Å². The summed E-state index contributed by atoms with van der Waals surface area (Å²) in [6.07, 6.45) is 1.40. The fraction of sp³-hybridized carbons (Fsp3) is 0.882. The Hall–Kier alpha value is -1.26. The van der Waals surface area contributed by atoms with E-state index in [4.69, 9.17) is 0 Å². The summed E-state index contributed by atoms with van der Waals surface area (Å²) in [5.41, 5.74) is 0.0867. The number of urea groups is 1. The number of rotatable bonds is 2. The highest BCUT2D eigenvalue weighted by Gasteiger charge is 2.25. The molecule has 1 rings (SSSR count). The molecule has 0 bridgehead atoms. The van der Waals surface area contributed by atoms with Gasteiger partial charge in [0.25, 0.3) is 0 Å². The first-order chi connectivity index (χ1) is 9.98. The number of carbonyl (C=O) groups is 2. The third-order valence-corrected chi connectivity index (χ3v) is 3.59. The Kier molecular flexibility index (Phi) is 6.27. The van der Waals surface area contributed by atoms with Crippen LogP contribution in [0.5, 0.6) is 0 Å². The van der Waals surface area contributed by atoms with E-state index in [1.807, 2.05) is 9.80 Å². The van der Waals surface area contributed by atoms with E-state index in [1.165, 1.54) is 0 Å². The molecule has 1 aliphatic rings. The number of nitrogens with one attached hydrogen (secondary N) is 1. The van der Waals surface area contributed by atoms with Gasteiger partial charge in [-0.1, -0.05) is 41.5 Å². The number of hydrogen-bond donors (Lipinski definition) is 1. The van der Waals surface area contributed by atoms with Gasteiger partial charge in [0.05, 0.1) is 0 Å². The van der Waals surface area contributed by atoms with Gasteiger partial charge in [-0.3, -0.25) is 4.79 Å². The second-order valence-corrected chi connectivity index (χ2v) is 8.68. The summed E-state index contributed by atoms with van der Waals surface area (Å²) in [6, 6.07) is -0.0138. The van der Waals surface area contributed by atoms with Crippen molar-refractivity contribution in [2.45, 2.75) is 54.4 Å². The van der Waals surface area contributed by atoms with E-state index in [-0.39, 0.29) is 22.8 Å². The lowest BCUT2D eigenvalue weighted by molar-refractivity contribution is -0.132. The Labute approximate surface area is 135 Å². The maximum atomic E-state index is 12.3. The van der Waals surface area contributed by atoms with Gasteiger partial charge in [0.15, 0.2) is 0 Å². The average Bonchev–Trinajstić information content (AvgIpc) is 2.58. The second kappa shape index (κ2) is 7.34. The van der Waals surface area contributed by atoms with E-state index in [0.29, 0.717) is 26.1 Å². The van der Waals surface area contributed by atoms with Gasteiger partial charge in [-0.25, -0.2) is 4.79 Å². The predicted molar refractivity (Wildman–Crippen MR) is 89.7 cm³/mol. The minimum atomic E-state index is -0.0138. The van der Waals surface area contributed by atoms with Crippen molar-refractivity contribution in [1.29, 1.82) is 0 Å². The maximum Gasteiger partial charge on any atom is 0.317 e. The zero-order valence-electron chi connectivity index (χ0n) is 15.2. The van der Waals surface area contributed by atoms with E-state index in [0.717, 1.165) is 19.5 Å². The number of hydrogen-bond acceptors (Lipinski definition) is 2. The minimum absolute atomic E-state index is 0.00710. The first kappa shape index (κ1) is 18.8. The molecule has 5 nitrogen and oxygen atoms in total. The summed E-state index contributed by atoms with van der Waals surface area (Å²) >= 11 is 0. The molecule has 5 heteroatoms. The van der Waals surface area contributed by atoms with Gasteiger partial charge in [-0.2, -0.15) is 0 Å². The molecule has 1 saturated heterocycles. The Bertz CT molecular complexity index is 394. The highest BCUT2D eigenvalue weighted by atomic mass is 16.2. The van der Waals surface area contributed by atoms with Crippen molar-refractivity contribution in [3.63, 3.8) is 0 Å². The third-order valence-electron chi connectivity index (χ3n) is 3.59. The number of amides is 3. The maximum absolute atomic E-state index is 12.3. The van der Waals surface area contributed by atoms with Gasteiger partial charge in [0.1, 0.15) is 0 Å². The summed E-state index contributed by atoms with van der Waals surface area (Å²) in [4.78, 5) is 28.3. The lowest BCUT2D eigenvalue weighted by atomic mass is 9.91. The first-order valence-corrected chi connectivity index (χ1v) is 8.28. The molecule has 0 radical (unpaired) electrons. The molecule has 0 aromatic heterocycles. The lowest BCUT2D eigenvalue weighted by Crippen LogP contribution is -2.45. The van der Waals surface area contributed by atoms with Crippen LogP contribution >= 0.6 is 0 Å². The molecule has 0 aromatic carbocycles. The molecule has 22 heavy (non-hydrogen) atoms. The topological polar surface area (TPSA) is 52.7 Å². The Morgan fingerprint density at radius 1 is 0.864 bits per heavy atom. The van der Waals surface area contributed by atoms with Crippen LogP contribution in [0.2, 0.25) is 0 Å². The van der Waals surface area contributed by atoms with E-state index in [1.54, 1.807) is 0 Å². The van der Waals surface area contributed by atoms with E-state index >= 15 is 0 Å². The smallest absolute Gasteiger partial charge is 0.317 e. The van der Waals surface area contributed by atoms with Crippen LogP contribution in [0, 0.1) is 10.8 Å². The normalized spacial score (nSPS) is 17.2. The largest absolute Gasteiger partial charge is 0.341 e. The van der Waals surface area contributed by atoms with Gasteiger partial charge in [-0.15, -0.1) is 0 Å². The Morgan fingerprint density at radius 2 is 1.41 bits per heavy atom. The molecule has 0 aliphatic carbocycles. The molecule has 0 aromatic rings. The molecular weight excluding hydrogens is 278 g/mol. The van der Waals surface area contributed by atoms with Crippen molar-refractivity contribution in [2.75, 3.05) is 32.7 Å². The first-order valence-electron chi connectivity index (χ1n) is 8.28. The summed E-state index contributed by atoms with van der Waals surface area (Å²) < 4.78 is 0. The quantitative estimate of drug-likeness (QED) is 0.852. The highest BCUT2D eigenvalue weighted by Crippen LogP contribution is 2.20. The van der Waals surface area contributed by atoms with Gasteiger partial charge in [-0.05, 0) is 17.3 Å². The summed E-state index contributed by atoms with van der Waals surface area (Å²) in [5.74, 6) is 0.199.